The van der Waals surface area contributed by atoms with Gasteiger partial charge in [-0.05, 0) is 31.2 Å². The smallest absolute Gasteiger partial charge is 0.253 e. The van der Waals surface area contributed by atoms with Gasteiger partial charge in [0, 0.05) is 29.8 Å². The Hall–Kier alpha value is -4.15. The molecule has 1 amide bonds. The molecule has 0 spiro atoms. The summed E-state index contributed by atoms with van der Waals surface area (Å²) >= 11 is 6.40. The van der Waals surface area contributed by atoms with Crippen molar-refractivity contribution in [2.24, 2.45) is 5.73 Å². The molecule has 0 aliphatic carbocycles. The van der Waals surface area contributed by atoms with Crippen molar-refractivity contribution in [3.63, 3.8) is 0 Å². The highest BCUT2D eigenvalue weighted by molar-refractivity contribution is 6.33. The highest BCUT2D eigenvalue weighted by atomic mass is 35.5. The van der Waals surface area contributed by atoms with Gasteiger partial charge in [0.15, 0.2) is 0 Å². The number of primary amides is 1. The van der Waals surface area contributed by atoms with Crippen LogP contribution in [0, 0.1) is 0 Å². The van der Waals surface area contributed by atoms with Crippen molar-refractivity contribution in [3.8, 4) is 17.2 Å². The Balaban J connectivity index is 1.62. The first kappa shape index (κ1) is 24.0. The molecule has 0 aliphatic heterocycles. The van der Waals surface area contributed by atoms with Crippen LogP contribution in [0.25, 0.3) is 10.9 Å². The lowest BCUT2D eigenvalue weighted by molar-refractivity contribution is 0.0997. The van der Waals surface area contributed by atoms with Crippen molar-refractivity contribution >= 4 is 45.5 Å². The van der Waals surface area contributed by atoms with Gasteiger partial charge in [0.1, 0.15) is 28.6 Å². The molecule has 5 N–H and O–H groups in total. The quantitative estimate of drug-likeness (QED) is 0.256. The number of nitrogens with one attached hydrogen (secondary N) is 2. The van der Waals surface area contributed by atoms with Gasteiger partial charge in [-0.3, -0.25) is 19.4 Å². The highest BCUT2D eigenvalue weighted by Gasteiger charge is 2.23. The third-order valence-electron chi connectivity index (χ3n) is 5.29. The van der Waals surface area contributed by atoms with Crippen LogP contribution in [0.2, 0.25) is 5.02 Å². The second kappa shape index (κ2) is 9.61. The third kappa shape index (κ3) is 4.61. The van der Waals surface area contributed by atoms with Crippen molar-refractivity contribution < 1.29 is 19.4 Å². The number of benzene rings is 2. The fourth-order valence-electron chi connectivity index (χ4n) is 3.46. The Morgan fingerprint density at radius 3 is 2.54 bits per heavy atom. The van der Waals surface area contributed by atoms with E-state index in [9.17, 15) is 19.5 Å². The molecule has 0 radical (unpaired) electrons. The first-order chi connectivity index (χ1) is 16.7. The summed E-state index contributed by atoms with van der Waals surface area (Å²) in [4.78, 5) is 40.0. The topological polar surface area (TPSA) is 153 Å². The van der Waals surface area contributed by atoms with Crippen LogP contribution in [0.3, 0.4) is 0 Å². The standard InChI is InChI=1S/C24H21ClN4O6/c1-11(10-30)28-20-21(23(32)22(20)31)29-16-4-3-12(7-15(16)25)35-18-5-6-27-17-9-19(34-2)14(24(26)33)8-13(17)18/h3-9,11,28-30H,10H2,1-2H3,(H2,26,33)/t11-/m0/s1. The molecule has 1 atom stereocenters. The van der Waals surface area contributed by atoms with Gasteiger partial charge in [0.05, 0.1) is 35.5 Å². The number of carbonyl (C=O) groups is 1. The number of pyridine rings is 1. The zero-order valence-electron chi connectivity index (χ0n) is 18.7. The SMILES string of the molecule is COc1cc2nccc(Oc3ccc(Nc4c(N[C@@H](C)CO)c(=O)c4=O)c(Cl)c3)c2cc1C(N)=O. The molecular weight excluding hydrogens is 476 g/mol. The number of aliphatic hydroxyl groups excluding tert-OH is 1. The van der Waals surface area contributed by atoms with Gasteiger partial charge < -0.3 is 30.9 Å². The molecule has 0 saturated heterocycles. The summed E-state index contributed by atoms with van der Waals surface area (Å²) in [5, 5.41) is 15.6. The Kier molecular flexibility index (Phi) is 6.59. The van der Waals surface area contributed by atoms with Crippen LogP contribution in [-0.4, -0.2) is 35.8 Å². The van der Waals surface area contributed by atoms with Gasteiger partial charge >= 0.3 is 0 Å². The van der Waals surface area contributed by atoms with Crippen molar-refractivity contribution in [2.75, 3.05) is 24.4 Å². The molecule has 35 heavy (non-hydrogen) atoms. The molecule has 0 fully saturated rings. The minimum absolute atomic E-state index is 0.0684. The average molecular weight is 497 g/mol. The number of hydrogen-bond donors (Lipinski definition) is 4. The summed E-state index contributed by atoms with van der Waals surface area (Å²) in [5.41, 5.74) is 5.38. The number of anilines is 3. The zero-order chi connectivity index (χ0) is 25.3. The molecule has 0 aliphatic rings. The molecule has 4 aromatic rings. The molecule has 10 nitrogen and oxygen atoms in total. The van der Waals surface area contributed by atoms with Crippen LogP contribution in [0.1, 0.15) is 17.3 Å². The molecule has 0 bridgehead atoms. The third-order valence-corrected chi connectivity index (χ3v) is 5.60. The summed E-state index contributed by atoms with van der Waals surface area (Å²) in [7, 11) is 1.43. The molecule has 3 aromatic carbocycles. The molecule has 0 saturated carbocycles. The molecular formula is C24H21ClN4O6. The number of aliphatic hydroxyl groups is 1. The monoisotopic (exact) mass is 496 g/mol. The van der Waals surface area contributed by atoms with Gasteiger partial charge in [-0.25, -0.2) is 0 Å². The molecule has 1 heterocycles. The van der Waals surface area contributed by atoms with E-state index in [-0.39, 0.29) is 28.6 Å². The number of nitrogens with two attached hydrogens (primary N) is 1. The van der Waals surface area contributed by atoms with Gasteiger partial charge in [0.2, 0.25) is 0 Å². The lowest BCUT2D eigenvalue weighted by Crippen LogP contribution is -2.39. The van der Waals surface area contributed by atoms with Crippen molar-refractivity contribution in [1.29, 1.82) is 0 Å². The maximum Gasteiger partial charge on any atom is 0.253 e. The number of rotatable bonds is 9. The largest absolute Gasteiger partial charge is 0.496 e. The van der Waals surface area contributed by atoms with Crippen molar-refractivity contribution in [3.05, 3.63) is 73.6 Å². The van der Waals surface area contributed by atoms with Crippen LogP contribution >= 0.6 is 11.6 Å². The first-order valence-corrected chi connectivity index (χ1v) is 10.8. The second-order valence-electron chi connectivity index (χ2n) is 7.75. The van der Waals surface area contributed by atoms with E-state index in [0.29, 0.717) is 33.8 Å². The van der Waals surface area contributed by atoms with Crippen LogP contribution in [-0.2, 0) is 0 Å². The maximum atomic E-state index is 12.0. The molecule has 4 rings (SSSR count). The Morgan fingerprint density at radius 2 is 1.89 bits per heavy atom. The number of ether oxygens (including phenoxy) is 2. The van der Waals surface area contributed by atoms with Gasteiger partial charge in [-0.1, -0.05) is 11.6 Å². The summed E-state index contributed by atoms with van der Waals surface area (Å²) in [5.74, 6) is 0.428. The fraction of sp³-hybridized carbons (Fsp3) is 0.167. The van der Waals surface area contributed by atoms with Crippen LogP contribution in [0.5, 0.6) is 17.2 Å². The van der Waals surface area contributed by atoms with Gasteiger partial charge in [-0.15, -0.1) is 0 Å². The maximum absolute atomic E-state index is 12.0. The van der Waals surface area contributed by atoms with Crippen LogP contribution < -0.4 is 36.7 Å². The van der Waals surface area contributed by atoms with Crippen LogP contribution in [0.4, 0.5) is 17.1 Å². The predicted octanol–water partition coefficient (Wildman–Crippen LogP) is 2.92. The summed E-state index contributed by atoms with van der Waals surface area (Å²) in [6.07, 6.45) is 1.55. The summed E-state index contributed by atoms with van der Waals surface area (Å²) < 4.78 is 11.2. The number of methoxy groups -OCH3 is 1. The number of carbonyl (C=O) groups excluding carboxylic acids is 1. The van der Waals surface area contributed by atoms with E-state index in [4.69, 9.17) is 26.8 Å². The van der Waals surface area contributed by atoms with E-state index in [1.807, 2.05) is 0 Å². The minimum atomic E-state index is -0.682. The van der Waals surface area contributed by atoms with Crippen molar-refractivity contribution in [2.45, 2.75) is 13.0 Å². The van der Waals surface area contributed by atoms with Crippen LogP contribution in [0.15, 0.2) is 52.2 Å². The molecule has 1 aromatic heterocycles. The van der Waals surface area contributed by atoms with Crippen molar-refractivity contribution in [1.82, 2.24) is 4.98 Å². The fourth-order valence-corrected chi connectivity index (χ4v) is 3.68. The Morgan fingerprint density at radius 1 is 1.14 bits per heavy atom. The number of amides is 1. The lowest BCUT2D eigenvalue weighted by Gasteiger charge is -2.19. The van der Waals surface area contributed by atoms with Gasteiger partial charge in [-0.2, -0.15) is 0 Å². The Bertz CT molecular complexity index is 1510. The molecule has 11 heteroatoms. The summed E-state index contributed by atoms with van der Waals surface area (Å²) in [6, 6.07) is 9.10. The predicted molar refractivity (Wildman–Crippen MR) is 133 cm³/mol. The van der Waals surface area contributed by atoms with Gasteiger partial charge in [0.25, 0.3) is 16.8 Å². The lowest BCUT2D eigenvalue weighted by atomic mass is 10.1. The highest BCUT2D eigenvalue weighted by Crippen LogP contribution is 2.36. The Labute approximate surface area is 203 Å². The number of fused-ring (bicyclic) bond motifs is 1. The average Bonchev–Trinajstić information content (AvgIpc) is 2.85. The van der Waals surface area contributed by atoms with E-state index in [1.165, 1.54) is 13.2 Å². The van der Waals surface area contributed by atoms with E-state index >= 15 is 0 Å². The van der Waals surface area contributed by atoms with E-state index in [1.54, 1.807) is 43.5 Å². The van der Waals surface area contributed by atoms with E-state index in [2.05, 4.69) is 15.6 Å². The zero-order valence-corrected chi connectivity index (χ0v) is 19.5. The number of halogens is 1. The number of aromatic nitrogens is 1. The van der Waals surface area contributed by atoms with E-state index in [0.717, 1.165) is 0 Å². The van der Waals surface area contributed by atoms with E-state index < -0.39 is 22.8 Å². The number of nitrogens with zero attached hydrogens (tertiary/aromatic N) is 1. The molecule has 180 valence electrons. The molecule has 0 unspecified atom stereocenters. The first-order valence-electron chi connectivity index (χ1n) is 10.4. The summed E-state index contributed by atoms with van der Waals surface area (Å²) in [6.45, 7) is 1.47. The number of hydrogen-bond acceptors (Lipinski definition) is 9. The minimum Gasteiger partial charge on any atom is -0.496 e. The normalized spacial score (nSPS) is 11.9. The second-order valence-corrected chi connectivity index (χ2v) is 8.16.